The van der Waals surface area contributed by atoms with E-state index < -0.39 is 0 Å². The molecule has 1 unspecified atom stereocenters. The highest BCUT2D eigenvalue weighted by Crippen LogP contribution is 2.38. The van der Waals surface area contributed by atoms with Crippen LogP contribution in [0.5, 0.6) is 0 Å². The van der Waals surface area contributed by atoms with Crippen molar-refractivity contribution in [2.24, 2.45) is 5.41 Å². The van der Waals surface area contributed by atoms with Crippen LogP contribution < -0.4 is 0 Å². The van der Waals surface area contributed by atoms with E-state index in [2.05, 4.69) is 47.2 Å². The van der Waals surface area contributed by atoms with Crippen LogP contribution in [0, 0.1) is 5.41 Å². The molecule has 1 aromatic carbocycles. The minimum Gasteiger partial charge on any atom is -0.306 e. The Morgan fingerprint density at radius 1 is 1.06 bits per heavy atom. The summed E-state index contributed by atoms with van der Waals surface area (Å²) in [5, 5.41) is 0. The molecule has 0 N–H and O–H groups in total. The molecule has 1 aromatic rings. The van der Waals surface area contributed by atoms with Crippen LogP contribution >= 0.6 is 0 Å². The molecular weight excluding hydrogens is 220 g/mol. The Balaban J connectivity index is 1.64. The number of nitrogens with zero attached hydrogens (tertiary/aromatic N) is 2. The minimum atomic E-state index is 0.599. The third-order valence-corrected chi connectivity index (χ3v) is 4.62. The number of hydrogen-bond donors (Lipinski definition) is 0. The maximum atomic E-state index is 2.66. The molecule has 18 heavy (non-hydrogen) atoms. The molecule has 2 nitrogen and oxygen atoms in total. The summed E-state index contributed by atoms with van der Waals surface area (Å²) in [5.74, 6) is 0. The molecular formula is C16H24N2. The van der Waals surface area contributed by atoms with Gasteiger partial charge < -0.3 is 4.90 Å². The molecule has 0 amide bonds. The van der Waals surface area contributed by atoms with Crippen molar-refractivity contribution >= 4 is 0 Å². The molecule has 2 heterocycles. The normalized spacial score (nSPS) is 30.1. The van der Waals surface area contributed by atoms with Crippen LogP contribution in [-0.4, -0.2) is 43.0 Å². The van der Waals surface area contributed by atoms with Gasteiger partial charge in [-0.1, -0.05) is 30.3 Å². The Morgan fingerprint density at radius 2 is 1.89 bits per heavy atom. The second-order valence-electron chi connectivity index (χ2n) is 6.29. The van der Waals surface area contributed by atoms with Crippen molar-refractivity contribution in [2.75, 3.05) is 33.2 Å². The van der Waals surface area contributed by atoms with Crippen LogP contribution in [0.1, 0.15) is 24.8 Å². The molecule has 2 fully saturated rings. The average Bonchev–Trinajstić information content (AvgIpc) is 2.72. The first-order chi connectivity index (χ1) is 8.76. The molecule has 1 spiro atoms. The third kappa shape index (κ3) is 2.60. The van der Waals surface area contributed by atoms with Gasteiger partial charge in [0.2, 0.25) is 0 Å². The first-order valence-electron chi connectivity index (χ1n) is 7.21. The van der Waals surface area contributed by atoms with Crippen LogP contribution in [0.25, 0.3) is 0 Å². The highest BCUT2D eigenvalue weighted by Gasteiger charge is 2.39. The zero-order valence-corrected chi connectivity index (χ0v) is 11.4. The van der Waals surface area contributed by atoms with Crippen molar-refractivity contribution in [1.82, 2.24) is 9.80 Å². The van der Waals surface area contributed by atoms with Crippen LogP contribution in [0.4, 0.5) is 0 Å². The molecule has 3 rings (SSSR count). The monoisotopic (exact) mass is 244 g/mol. The second kappa shape index (κ2) is 5.02. The minimum absolute atomic E-state index is 0.599. The van der Waals surface area contributed by atoms with Crippen molar-refractivity contribution in [2.45, 2.75) is 25.8 Å². The number of benzene rings is 1. The van der Waals surface area contributed by atoms with Crippen molar-refractivity contribution in [1.29, 1.82) is 0 Å². The summed E-state index contributed by atoms with van der Waals surface area (Å²) in [5.41, 5.74) is 2.06. The maximum absolute atomic E-state index is 2.66. The van der Waals surface area contributed by atoms with Gasteiger partial charge in [-0.05, 0) is 50.4 Å². The van der Waals surface area contributed by atoms with E-state index in [1.165, 1.54) is 51.0 Å². The van der Waals surface area contributed by atoms with E-state index in [4.69, 9.17) is 0 Å². The third-order valence-electron chi connectivity index (χ3n) is 4.62. The summed E-state index contributed by atoms with van der Waals surface area (Å²) >= 11 is 0. The lowest BCUT2D eigenvalue weighted by Crippen LogP contribution is -2.44. The molecule has 1 atom stereocenters. The van der Waals surface area contributed by atoms with E-state index in [0.717, 1.165) is 6.54 Å². The predicted octanol–water partition coefficient (Wildman–Crippen LogP) is 2.60. The molecule has 2 saturated heterocycles. The van der Waals surface area contributed by atoms with Crippen LogP contribution in [-0.2, 0) is 6.54 Å². The Labute approximate surface area is 111 Å². The smallest absolute Gasteiger partial charge is 0.0233 e. The lowest BCUT2D eigenvalue weighted by Gasteiger charge is -2.40. The Hall–Kier alpha value is -0.860. The van der Waals surface area contributed by atoms with E-state index >= 15 is 0 Å². The van der Waals surface area contributed by atoms with Gasteiger partial charge in [0.1, 0.15) is 0 Å². The summed E-state index contributed by atoms with van der Waals surface area (Å²) in [4.78, 5) is 5.17. The van der Waals surface area contributed by atoms with Gasteiger partial charge in [-0.3, -0.25) is 4.90 Å². The van der Waals surface area contributed by atoms with Gasteiger partial charge in [-0.25, -0.2) is 0 Å². The van der Waals surface area contributed by atoms with E-state index in [9.17, 15) is 0 Å². The molecule has 0 aromatic heterocycles. The molecule has 98 valence electrons. The standard InChI is InChI=1S/C16H24N2/c1-17-11-9-16(13-17)8-5-10-18(14-16)12-15-6-3-2-4-7-15/h2-4,6-7H,5,8-14H2,1H3. The highest BCUT2D eigenvalue weighted by atomic mass is 15.2. The van der Waals surface area contributed by atoms with Gasteiger partial charge in [-0.15, -0.1) is 0 Å². The van der Waals surface area contributed by atoms with Crippen molar-refractivity contribution < 1.29 is 0 Å². The zero-order valence-electron chi connectivity index (χ0n) is 11.4. The van der Waals surface area contributed by atoms with Crippen LogP contribution in [0.3, 0.4) is 0 Å². The fraction of sp³-hybridized carbons (Fsp3) is 0.625. The lowest BCUT2D eigenvalue weighted by molar-refractivity contribution is 0.0900. The van der Waals surface area contributed by atoms with Gasteiger partial charge in [0.05, 0.1) is 0 Å². The summed E-state index contributed by atoms with van der Waals surface area (Å²) in [6.07, 6.45) is 4.21. The Kier molecular flexibility index (Phi) is 3.40. The van der Waals surface area contributed by atoms with E-state index in [1.54, 1.807) is 0 Å². The van der Waals surface area contributed by atoms with E-state index in [-0.39, 0.29) is 0 Å². The predicted molar refractivity (Wildman–Crippen MR) is 75.5 cm³/mol. The highest BCUT2D eigenvalue weighted by molar-refractivity contribution is 5.14. The van der Waals surface area contributed by atoms with Crippen LogP contribution in [0.2, 0.25) is 0 Å². The fourth-order valence-corrected chi connectivity index (χ4v) is 3.78. The SMILES string of the molecule is CN1CCC2(CCCN(Cc3ccccc3)C2)C1. The molecule has 0 radical (unpaired) electrons. The molecule has 0 bridgehead atoms. The van der Waals surface area contributed by atoms with Gasteiger partial charge in [0.15, 0.2) is 0 Å². The van der Waals surface area contributed by atoms with Gasteiger partial charge >= 0.3 is 0 Å². The van der Waals surface area contributed by atoms with Gasteiger partial charge in [-0.2, -0.15) is 0 Å². The van der Waals surface area contributed by atoms with Gasteiger partial charge in [0.25, 0.3) is 0 Å². The Morgan fingerprint density at radius 3 is 2.61 bits per heavy atom. The first kappa shape index (κ1) is 12.2. The lowest BCUT2D eigenvalue weighted by atomic mass is 9.79. The number of rotatable bonds is 2. The summed E-state index contributed by atoms with van der Waals surface area (Å²) < 4.78 is 0. The molecule has 2 aliphatic heterocycles. The molecule has 0 saturated carbocycles. The second-order valence-corrected chi connectivity index (χ2v) is 6.29. The topological polar surface area (TPSA) is 6.48 Å². The summed E-state index contributed by atoms with van der Waals surface area (Å²) in [6, 6.07) is 10.9. The fourth-order valence-electron chi connectivity index (χ4n) is 3.78. The average molecular weight is 244 g/mol. The molecule has 2 aliphatic rings. The Bertz CT molecular complexity index is 385. The van der Waals surface area contributed by atoms with Gasteiger partial charge in [0, 0.05) is 19.6 Å². The summed E-state index contributed by atoms with van der Waals surface area (Å²) in [7, 11) is 2.27. The van der Waals surface area contributed by atoms with Crippen molar-refractivity contribution in [3.63, 3.8) is 0 Å². The number of likely N-dealkylation sites (tertiary alicyclic amines) is 2. The van der Waals surface area contributed by atoms with Crippen LogP contribution in [0.15, 0.2) is 30.3 Å². The quantitative estimate of drug-likeness (QED) is 0.789. The first-order valence-corrected chi connectivity index (χ1v) is 7.21. The molecule has 2 heteroatoms. The van der Waals surface area contributed by atoms with E-state index in [1.807, 2.05) is 0 Å². The summed E-state index contributed by atoms with van der Waals surface area (Å²) in [6.45, 7) is 6.30. The zero-order chi connectivity index (χ0) is 12.4. The van der Waals surface area contributed by atoms with Crippen molar-refractivity contribution in [3.05, 3.63) is 35.9 Å². The van der Waals surface area contributed by atoms with Crippen molar-refractivity contribution in [3.8, 4) is 0 Å². The molecule has 0 aliphatic carbocycles. The maximum Gasteiger partial charge on any atom is 0.0233 e. The number of hydrogen-bond acceptors (Lipinski definition) is 2. The number of piperidine rings is 1. The largest absolute Gasteiger partial charge is 0.306 e. The van der Waals surface area contributed by atoms with E-state index in [0.29, 0.717) is 5.41 Å².